The molecule has 6 N–H and O–H groups in total. The van der Waals surface area contributed by atoms with Gasteiger partial charge in [0.2, 0.25) is 5.78 Å². The molecule has 4 aliphatic carbocycles. The zero-order chi connectivity index (χ0) is 30.9. The number of halogens is 1. The number of amides is 1. The Morgan fingerprint density at radius 2 is 1.83 bits per heavy atom. The Morgan fingerprint density at radius 1 is 1.17 bits per heavy atom. The Balaban J connectivity index is 1.57. The summed E-state index contributed by atoms with van der Waals surface area (Å²) in [4.78, 5) is 42.9. The predicted octanol–water partition coefficient (Wildman–Crippen LogP) is 2.66. The van der Waals surface area contributed by atoms with Crippen LogP contribution in [0.2, 0.25) is 0 Å². The number of carbonyl (C=O) groups is 3. The fourth-order valence-corrected chi connectivity index (χ4v) is 7.76. The number of carbonyl (C=O) groups excluding carboxylic acids is 3. The number of aliphatic hydroxyl groups is 3. The number of aliphatic hydroxyl groups excluding tert-OH is 2. The number of nitrogens with zero attached hydrogens (tertiary/aromatic N) is 2. The summed E-state index contributed by atoms with van der Waals surface area (Å²) in [6.07, 6.45) is 4.30. The lowest BCUT2D eigenvalue weighted by atomic mass is 9.58. The van der Waals surface area contributed by atoms with Crippen molar-refractivity contribution in [1.29, 1.82) is 0 Å². The number of aromatic hydroxyl groups is 1. The molecule has 11 heteroatoms. The number of allylic oxidation sites excluding steroid dienone is 1. The summed E-state index contributed by atoms with van der Waals surface area (Å²) in [6.45, 7) is 5.92. The molecule has 5 rings (SSSR count). The van der Waals surface area contributed by atoms with Crippen LogP contribution in [0.1, 0.15) is 67.4 Å². The largest absolute Gasteiger partial charge is 0.510 e. The van der Waals surface area contributed by atoms with Crippen molar-refractivity contribution in [1.82, 2.24) is 9.80 Å². The second-order valence-electron chi connectivity index (χ2n) is 12.7. The number of likely N-dealkylation sites (N-methyl/N-ethyl adjacent to an activating group) is 1. The van der Waals surface area contributed by atoms with Crippen LogP contribution in [0.25, 0.3) is 0 Å². The van der Waals surface area contributed by atoms with Gasteiger partial charge < -0.3 is 26.2 Å². The van der Waals surface area contributed by atoms with E-state index in [4.69, 9.17) is 5.73 Å². The fraction of sp³-hybridized carbons (Fsp3) is 0.581. The van der Waals surface area contributed by atoms with Crippen molar-refractivity contribution in [3.63, 3.8) is 0 Å². The number of hydrogen-bond donors (Lipinski definition) is 5. The van der Waals surface area contributed by atoms with E-state index >= 15 is 4.39 Å². The van der Waals surface area contributed by atoms with Gasteiger partial charge in [-0.15, -0.1) is 0 Å². The molecule has 0 radical (unpaired) electrons. The van der Waals surface area contributed by atoms with E-state index in [-0.39, 0.29) is 47.1 Å². The zero-order valence-electron chi connectivity index (χ0n) is 24.5. The van der Waals surface area contributed by atoms with Gasteiger partial charge in [0.05, 0.1) is 11.6 Å². The molecule has 0 aliphatic heterocycles. The Bertz CT molecular complexity index is 1420. The molecule has 0 unspecified atom stereocenters. The monoisotopic (exact) mass is 585 g/mol. The average molecular weight is 586 g/mol. The lowest BCUT2D eigenvalue weighted by Gasteiger charge is -2.50. The molecule has 1 aromatic carbocycles. The molecular weight excluding hydrogens is 545 g/mol. The van der Waals surface area contributed by atoms with E-state index in [0.717, 1.165) is 25.8 Å². The van der Waals surface area contributed by atoms with Gasteiger partial charge in [-0.3, -0.25) is 24.2 Å². The van der Waals surface area contributed by atoms with Crippen LogP contribution in [0.5, 0.6) is 5.75 Å². The highest BCUT2D eigenvalue weighted by Crippen LogP contribution is 2.52. The van der Waals surface area contributed by atoms with Crippen molar-refractivity contribution in [3.05, 3.63) is 51.2 Å². The number of ketones is 2. The number of rotatable bonds is 8. The third-order valence-electron chi connectivity index (χ3n) is 10.3. The van der Waals surface area contributed by atoms with E-state index in [0.29, 0.717) is 6.54 Å². The molecule has 0 saturated heterocycles. The number of phenols is 1. The summed E-state index contributed by atoms with van der Waals surface area (Å²) >= 11 is 0. The molecule has 10 nitrogen and oxygen atoms in total. The lowest BCUT2D eigenvalue weighted by Crippen LogP contribution is -2.63. The Kier molecular flexibility index (Phi) is 7.52. The van der Waals surface area contributed by atoms with E-state index < -0.39 is 69.6 Å². The van der Waals surface area contributed by atoms with Crippen LogP contribution in [-0.4, -0.2) is 86.5 Å². The number of Topliss-reactive ketones (excluding diaryl/α,β-unsaturated/α-hetero) is 2. The molecule has 0 spiro atoms. The summed E-state index contributed by atoms with van der Waals surface area (Å²) < 4.78 is 16.2. The summed E-state index contributed by atoms with van der Waals surface area (Å²) in [6, 6.07) is 0.141. The van der Waals surface area contributed by atoms with Crippen molar-refractivity contribution in [2.24, 2.45) is 23.0 Å². The zero-order valence-corrected chi connectivity index (χ0v) is 24.5. The predicted molar refractivity (Wildman–Crippen MR) is 151 cm³/mol. The third-order valence-corrected chi connectivity index (χ3v) is 10.3. The molecule has 1 fully saturated rings. The normalized spacial score (nSPS) is 28.5. The molecule has 42 heavy (non-hydrogen) atoms. The molecule has 1 saturated carbocycles. The highest BCUT2D eigenvalue weighted by Gasteiger charge is 2.63. The van der Waals surface area contributed by atoms with Gasteiger partial charge in [-0.2, -0.15) is 0 Å². The molecule has 4 aliphatic rings. The highest BCUT2D eigenvalue weighted by molar-refractivity contribution is 6.24. The number of phenolic OH excluding ortho intramolecular Hbond substituents is 1. The first-order valence-electron chi connectivity index (χ1n) is 14.6. The van der Waals surface area contributed by atoms with E-state index in [9.17, 15) is 34.8 Å². The van der Waals surface area contributed by atoms with Gasteiger partial charge in [0.1, 0.15) is 28.7 Å². The summed E-state index contributed by atoms with van der Waals surface area (Å²) in [5.41, 5.74) is 1.64. The maximum Gasteiger partial charge on any atom is 0.255 e. The first kappa shape index (κ1) is 30.2. The van der Waals surface area contributed by atoms with Gasteiger partial charge >= 0.3 is 0 Å². The Morgan fingerprint density at radius 3 is 2.36 bits per heavy atom. The van der Waals surface area contributed by atoms with Gasteiger partial charge in [-0.25, -0.2) is 4.39 Å². The quantitative estimate of drug-likeness (QED) is 0.289. The smallest absolute Gasteiger partial charge is 0.255 e. The first-order valence-corrected chi connectivity index (χ1v) is 14.6. The van der Waals surface area contributed by atoms with E-state index in [1.165, 1.54) is 17.4 Å². The van der Waals surface area contributed by atoms with Crippen LogP contribution < -0.4 is 5.73 Å². The number of fused-ring (bicyclic) bond motifs is 3. The molecule has 0 bridgehead atoms. The maximum absolute atomic E-state index is 16.2. The minimum absolute atomic E-state index is 0.0213. The molecule has 0 aromatic heterocycles. The van der Waals surface area contributed by atoms with Crippen LogP contribution in [-0.2, 0) is 22.6 Å². The van der Waals surface area contributed by atoms with Gasteiger partial charge in [0, 0.05) is 35.7 Å². The maximum atomic E-state index is 16.2. The fourth-order valence-electron chi connectivity index (χ4n) is 7.76. The minimum Gasteiger partial charge on any atom is -0.510 e. The summed E-state index contributed by atoms with van der Waals surface area (Å²) in [7, 11) is 3.12. The van der Waals surface area contributed by atoms with Crippen molar-refractivity contribution in [3.8, 4) is 5.75 Å². The molecule has 228 valence electrons. The van der Waals surface area contributed by atoms with Crippen LogP contribution in [0.4, 0.5) is 4.39 Å². The van der Waals surface area contributed by atoms with Gasteiger partial charge in [-0.05, 0) is 70.1 Å². The van der Waals surface area contributed by atoms with Crippen LogP contribution >= 0.6 is 0 Å². The molecule has 4 atom stereocenters. The Hall–Kier alpha value is -3.28. The van der Waals surface area contributed by atoms with E-state index in [1.807, 2.05) is 6.92 Å². The summed E-state index contributed by atoms with van der Waals surface area (Å²) in [5.74, 6) is -8.12. The molecule has 0 heterocycles. The van der Waals surface area contributed by atoms with Crippen molar-refractivity contribution < 1.29 is 39.2 Å². The minimum atomic E-state index is -2.73. The lowest BCUT2D eigenvalue weighted by molar-refractivity contribution is -0.148. The van der Waals surface area contributed by atoms with Crippen LogP contribution in [0, 0.1) is 23.1 Å². The second kappa shape index (κ2) is 10.5. The SMILES string of the molecule is CCN(Cc1cc(O)c2c(c1F)C[C@H]1C[C@H]3[C@H](N(C)C)C(O)=C(C(N)=O)C(=O)[C@@]3(O)C(O)=C1C2=O)CC1(CC)CCC1. The van der Waals surface area contributed by atoms with Gasteiger partial charge in [0.15, 0.2) is 11.4 Å². The van der Waals surface area contributed by atoms with Gasteiger partial charge in [0.25, 0.3) is 5.91 Å². The second-order valence-corrected chi connectivity index (χ2v) is 12.7. The Labute approximate surface area is 244 Å². The average Bonchev–Trinajstić information content (AvgIpc) is 2.89. The molecule has 1 amide bonds. The number of primary amides is 1. The van der Waals surface area contributed by atoms with Crippen LogP contribution in [0.15, 0.2) is 28.7 Å². The number of nitrogens with two attached hydrogens (primary N) is 1. The molecule has 1 aromatic rings. The van der Waals surface area contributed by atoms with Crippen LogP contribution in [0.3, 0.4) is 0 Å². The number of hydrogen-bond acceptors (Lipinski definition) is 9. The standard InChI is InChI=1S/C31H40FN3O7/c1-5-30(8-7-9-30)14-35(6-2)13-16-12-19(36)21-17(23(16)32)10-15-11-18-24(34(3)4)26(38)22(29(33)41)28(40)31(18,42)27(39)20(15)25(21)37/h12,15,18,24,36,38-39,42H,5-11,13-14H2,1-4H3,(H2,33,41)/t15-,18-,24-,31-/m0/s1. The first-order chi connectivity index (χ1) is 19.7. The summed E-state index contributed by atoms with van der Waals surface area (Å²) in [5, 5.41) is 44.9. The van der Waals surface area contributed by atoms with E-state index in [2.05, 4.69) is 11.8 Å². The highest BCUT2D eigenvalue weighted by atomic mass is 19.1. The third kappa shape index (κ3) is 4.27. The van der Waals surface area contributed by atoms with Gasteiger partial charge in [-0.1, -0.05) is 20.3 Å². The number of benzene rings is 1. The van der Waals surface area contributed by atoms with E-state index in [1.54, 1.807) is 14.1 Å². The van der Waals surface area contributed by atoms with Crippen molar-refractivity contribution in [2.45, 2.75) is 70.6 Å². The van der Waals surface area contributed by atoms with Crippen molar-refractivity contribution in [2.75, 3.05) is 27.2 Å². The molecular formula is C31H40FN3O7. The van der Waals surface area contributed by atoms with Crippen molar-refractivity contribution >= 4 is 17.5 Å². The topological polar surface area (TPSA) is 165 Å².